The van der Waals surface area contributed by atoms with Crippen LogP contribution in [0.3, 0.4) is 0 Å². The molecule has 0 aliphatic carbocycles. The van der Waals surface area contributed by atoms with Crippen LogP contribution < -0.4 is 25.7 Å². The molecule has 0 bridgehead atoms. The fourth-order valence-corrected chi connectivity index (χ4v) is 5.17. The van der Waals surface area contributed by atoms with Gasteiger partial charge in [0.1, 0.15) is 23.0 Å². The molecule has 1 aromatic carbocycles. The number of halogens is 2. The van der Waals surface area contributed by atoms with Gasteiger partial charge in [-0.2, -0.15) is 4.98 Å². The summed E-state index contributed by atoms with van der Waals surface area (Å²) < 4.78 is 24.8. The standard InChI is InChI=1S/C30H38Cl2N6O7/c1-17-9-20(15-38(14-17)29(41)45-30(2,3)4)42-7-8-43-22-12-19(35-26-21(31)13-34-28(32)36-26)10-18-11-23(44-16-24(39)33-5)27(40)37(6)25(18)22/h10-13,17,20H,7-9,14-16H2,1-6H3,(H,33,39)(H,34,35,36)/t17-,20+/m0/s1. The van der Waals surface area contributed by atoms with Crippen LogP contribution in [0.15, 0.2) is 29.2 Å². The largest absolute Gasteiger partial charge is 0.489 e. The van der Waals surface area contributed by atoms with E-state index in [1.807, 2.05) is 20.8 Å². The molecule has 0 unspecified atom stereocenters. The van der Waals surface area contributed by atoms with E-state index in [1.165, 1.54) is 17.8 Å². The summed E-state index contributed by atoms with van der Waals surface area (Å²) in [6.45, 7) is 8.65. The Bertz CT molecular complexity index is 1610. The number of nitrogens with zero attached hydrogens (tertiary/aromatic N) is 4. The average molecular weight is 666 g/mol. The quantitative estimate of drug-likeness (QED) is 0.234. The second-order valence-electron chi connectivity index (χ2n) is 11.8. The molecule has 1 aliphatic heterocycles. The average Bonchev–Trinajstić information content (AvgIpc) is 2.96. The SMILES string of the molecule is CNC(=O)COc1cc2cc(Nc3nc(Cl)ncc3Cl)cc(OCCO[C@@H]3C[C@H](C)CN(C(=O)OC(C)(C)C)C3)c2n(C)c1=O. The van der Waals surface area contributed by atoms with Gasteiger partial charge in [0.05, 0.1) is 31.0 Å². The second-order valence-corrected chi connectivity index (χ2v) is 12.5. The monoisotopic (exact) mass is 664 g/mol. The lowest BCUT2D eigenvalue weighted by atomic mass is 9.98. The Balaban J connectivity index is 1.55. The highest BCUT2D eigenvalue weighted by molar-refractivity contribution is 6.33. The predicted molar refractivity (Wildman–Crippen MR) is 171 cm³/mol. The molecule has 2 N–H and O–H groups in total. The number of piperidine rings is 1. The number of aromatic nitrogens is 3. The number of likely N-dealkylation sites (N-methyl/N-ethyl adjacent to an activating group) is 1. The number of benzene rings is 1. The number of rotatable bonds is 10. The summed E-state index contributed by atoms with van der Waals surface area (Å²) in [6.07, 6.45) is 1.61. The number of ether oxygens (including phenoxy) is 4. The van der Waals surface area contributed by atoms with Gasteiger partial charge < -0.3 is 39.0 Å². The summed E-state index contributed by atoms with van der Waals surface area (Å²) >= 11 is 12.3. The van der Waals surface area contributed by atoms with Crippen molar-refractivity contribution in [2.45, 2.75) is 45.8 Å². The number of pyridine rings is 1. The third kappa shape index (κ3) is 9.12. The van der Waals surface area contributed by atoms with Gasteiger partial charge >= 0.3 is 6.09 Å². The summed E-state index contributed by atoms with van der Waals surface area (Å²) in [5.74, 6) is 0.491. The highest BCUT2D eigenvalue weighted by atomic mass is 35.5. The lowest BCUT2D eigenvalue weighted by Crippen LogP contribution is -2.48. The summed E-state index contributed by atoms with van der Waals surface area (Å²) in [5, 5.41) is 6.40. The third-order valence-electron chi connectivity index (χ3n) is 6.82. The van der Waals surface area contributed by atoms with Crippen molar-refractivity contribution in [2.75, 3.05) is 45.3 Å². The van der Waals surface area contributed by atoms with E-state index in [0.29, 0.717) is 35.4 Å². The van der Waals surface area contributed by atoms with Crippen LogP contribution in [-0.2, 0) is 21.3 Å². The van der Waals surface area contributed by atoms with Crippen LogP contribution in [0.5, 0.6) is 11.5 Å². The molecule has 0 spiro atoms. The van der Waals surface area contributed by atoms with Crippen molar-refractivity contribution < 1.29 is 28.5 Å². The fourth-order valence-electron chi connectivity index (χ4n) is 4.90. The molecule has 45 heavy (non-hydrogen) atoms. The molecule has 3 aromatic rings. The molecule has 3 heterocycles. The molecule has 1 saturated heterocycles. The van der Waals surface area contributed by atoms with E-state index >= 15 is 0 Å². The van der Waals surface area contributed by atoms with Gasteiger partial charge in [-0.25, -0.2) is 9.78 Å². The van der Waals surface area contributed by atoms with Crippen molar-refractivity contribution in [1.82, 2.24) is 24.8 Å². The van der Waals surface area contributed by atoms with Crippen LogP contribution in [0.2, 0.25) is 10.3 Å². The summed E-state index contributed by atoms with van der Waals surface area (Å²) in [4.78, 5) is 47.3. The highest BCUT2D eigenvalue weighted by Gasteiger charge is 2.31. The van der Waals surface area contributed by atoms with Crippen molar-refractivity contribution >= 4 is 57.6 Å². The molecule has 13 nitrogen and oxygen atoms in total. The molecule has 2 amide bonds. The minimum Gasteiger partial charge on any atom is -0.489 e. The van der Waals surface area contributed by atoms with E-state index in [2.05, 4.69) is 27.5 Å². The Hall–Kier alpha value is -3.81. The minimum absolute atomic E-state index is 0.00543. The van der Waals surface area contributed by atoms with Gasteiger partial charge in [-0.15, -0.1) is 0 Å². The molecule has 1 fully saturated rings. The third-order valence-corrected chi connectivity index (χ3v) is 7.28. The molecule has 2 atom stereocenters. The lowest BCUT2D eigenvalue weighted by molar-refractivity contribution is -0.122. The first-order valence-electron chi connectivity index (χ1n) is 14.4. The van der Waals surface area contributed by atoms with Crippen LogP contribution in [0, 0.1) is 5.92 Å². The smallest absolute Gasteiger partial charge is 0.410 e. The normalized spacial score (nSPS) is 16.8. The maximum absolute atomic E-state index is 13.2. The van der Waals surface area contributed by atoms with E-state index in [0.717, 1.165) is 6.42 Å². The van der Waals surface area contributed by atoms with E-state index in [9.17, 15) is 14.4 Å². The molecule has 4 rings (SSSR count). The number of aryl methyl sites for hydroxylation is 1. The van der Waals surface area contributed by atoms with Gasteiger partial charge in [0, 0.05) is 37.8 Å². The summed E-state index contributed by atoms with van der Waals surface area (Å²) in [6, 6.07) is 5.00. The number of amides is 2. The fraction of sp³-hybridized carbons (Fsp3) is 0.500. The number of anilines is 2. The van der Waals surface area contributed by atoms with Gasteiger partial charge in [0.25, 0.3) is 11.5 Å². The molecule has 244 valence electrons. The first kappa shape index (κ1) is 34.1. The number of carbonyl (C=O) groups excluding carboxylic acids is 2. The number of hydrogen-bond donors (Lipinski definition) is 2. The summed E-state index contributed by atoms with van der Waals surface area (Å²) in [5.41, 5.74) is -0.0135. The topological polar surface area (TPSA) is 146 Å². The van der Waals surface area contributed by atoms with Gasteiger partial charge in [-0.05, 0) is 56.8 Å². The van der Waals surface area contributed by atoms with Gasteiger partial charge in [-0.1, -0.05) is 18.5 Å². The molecule has 1 aliphatic rings. The number of carbonyl (C=O) groups is 2. The molecule has 0 saturated carbocycles. The Kier molecular flexibility index (Phi) is 11.0. The van der Waals surface area contributed by atoms with E-state index in [1.54, 1.807) is 30.1 Å². The predicted octanol–water partition coefficient (Wildman–Crippen LogP) is 4.54. The number of hydrogen-bond acceptors (Lipinski definition) is 10. The molecular formula is C30H38Cl2N6O7. The van der Waals surface area contributed by atoms with Crippen LogP contribution in [0.25, 0.3) is 10.9 Å². The zero-order valence-corrected chi connectivity index (χ0v) is 27.6. The Morgan fingerprint density at radius 1 is 1.09 bits per heavy atom. The Labute approximate surface area is 271 Å². The van der Waals surface area contributed by atoms with E-state index in [-0.39, 0.29) is 65.7 Å². The zero-order chi connectivity index (χ0) is 32.9. The molecule has 2 aromatic heterocycles. The Morgan fingerprint density at radius 2 is 1.84 bits per heavy atom. The molecular weight excluding hydrogens is 627 g/mol. The number of nitrogens with one attached hydrogen (secondary N) is 2. The van der Waals surface area contributed by atoms with Crippen molar-refractivity contribution in [1.29, 1.82) is 0 Å². The maximum atomic E-state index is 13.2. The first-order valence-corrected chi connectivity index (χ1v) is 15.2. The number of fused-ring (bicyclic) bond motifs is 1. The molecule has 0 radical (unpaired) electrons. The van der Waals surface area contributed by atoms with Crippen LogP contribution in [0.4, 0.5) is 16.3 Å². The lowest BCUT2D eigenvalue weighted by Gasteiger charge is -2.37. The van der Waals surface area contributed by atoms with E-state index < -0.39 is 11.2 Å². The van der Waals surface area contributed by atoms with Crippen LogP contribution >= 0.6 is 23.2 Å². The van der Waals surface area contributed by atoms with E-state index in [4.69, 9.17) is 42.1 Å². The maximum Gasteiger partial charge on any atom is 0.410 e. The zero-order valence-electron chi connectivity index (χ0n) is 26.1. The van der Waals surface area contributed by atoms with Gasteiger partial charge in [0.15, 0.2) is 18.2 Å². The van der Waals surface area contributed by atoms with Gasteiger partial charge in [-0.3, -0.25) is 9.59 Å². The summed E-state index contributed by atoms with van der Waals surface area (Å²) in [7, 11) is 3.06. The van der Waals surface area contributed by atoms with Crippen molar-refractivity contribution in [2.24, 2.45) is 13.0 Å². The van der Waals surface area contributed by atoms with Crippen LogP contribution in [0.1, 0.15) is 34.1 Å². The minimum atomic E-state index is -0.587. The first-order chi connectivity index (χ1) is 21.2. The molecule has 15 heteroatoms. The van der Waals surface area contributed by atoms with Crippen molar-refractivity contribution in [3.8, 4) is 11.5 Å². The second kappa shape index (κ2) is 14.5. The Morgan fingerprint density at radius 3 is 2.56 bits per heavy atom. The van der Waals surface area contributed by atoms with Gasteiger partial charge in [0.2, 0.25) is 5.28 Å². The number of likely N-dealkylation sites (tertiary alicyclic amines) is 1. The highest BCUT2D eigenvalue weighted by Crippen LogP contribution is 2.33. The van der Waals surface area contributed by atoms with Crippen LogP contribution in [-0.4, -0.2) is 83.1 Å². The van der Waals surface area contributed by atoms with Crippen molar-refractivity contribution in [3.05, 3.63) is 45.1 Å². The van der Waals surface area contributed by atoms with Crippen molar-refractivity contribution in [3.63, 3.8) is 0 Å².